The van der Waals surface area contributed by atoms with E-state index >= 15 is 0 Å². The molecular formula is C21H19N3O4S. The average molecular weight is 409 g/mol. The van der Waals surface area contributed by atoms with Crippen molar-refractivity contribution in [1.82, 2.24) is 4.98 Å². The monoisotopic (exact) mass is 409 g/mol. The topological polar surface area (TPSA) is 85.6 Å². The van der Waals surface area contributed by atoms with Crippen molar-refractivity contribution in [3.05, 3.63) is 82.2 Å². The van der Waals surface area contributed by atoms with Gasteiger partial charge in [-0.05, 0) is 19.1 Å². The van der Waals surface area contributed by atoms with Crippen LogP contribution < -0.4 is 9.64 Å². The quantitative estimate of drug-likeness (QED) is 0.298. The highest BCUT2D eigenvalue weighted by atomic mass is 32.1. The molecule has 1 aromatic heterocycles. The number of nitro groups is 1. The van der Waals surface area contributed by atoms with Crippen molar-refractivity contribution < 1.29 is 14.5 Å². The summed E-state index contributed by atoms with van der Waals surface area (Å²) >= 11 is 1.32. The second-order valence-electron chi connectivity index (χ2n) is 5.96. The number of benzene rings is 2. The molecule has 3 rings (SSSR count). The van der Waals surface area contributed by atoms with Gasteiger partial charge in [0.25, 0.3) is 5.91 Å². The van der Waals surface area contributed by atoms with Gasteiger partial charge in [0.15, 0.2) is 10.9 Å². The van der Waals surface area contributed by atoms with Gasteiger partial charge in [0.1, 0.15) is 0 Å². The van der Waals surface area contributed by atoms with E-state index in [1.165, 1.54) is 34.4 Å². The van der Waals surface area contributed by atoms with Crippen LogP contribution in [0.3, 0.4) is 0 Å². The number of carbonyl (C=O) groups is 1. The minimum Gasteiger partial charge on any atom is -0.487 e. The van der Waals surface area contributed by atoms with Gasteiger partial charge in [-0.15, -0.1) is 17.9 Å². The zero-order valence-corrected chi connectivity index (χ0v) is 16.6. The van der Waals surface area contributed by atoms with Crippen LogP contribution >= 0.6 is 11.3 Å². The van der Waals surface area contributed by atoms with E-state index in [0.29, 0.717) is 5.13 Å². The molecule has 8 heteroatoms. The summed E-state index contributed by atoms with van der Waals surface area (Å²) < 4.78 is 5.28. The van der Waals surface area contributed by atoms with Gasteiger partial charge in [0.05, 0.1) is 17.2 Å². The lowest BCUT2D eigenvalue weighted by molar-refractivity contribution is -0.385. The highest BCUT2D eigenvalue weighted by molar-refractivity contribution is 7.14. The molecule has 3 aromatic rings. The number of hydrogen-bond acceptors (Lipinski definition) is 6. The minimum atomic E-state index is -0.559. The highest BCUT2D eigenvalue weighted by Gasteiger charge is 2.24. The average Bonchev–Trinajstić information content (AvgIpc) is 3.22. The predicted molar refractivity (Wildman–Crippen MR) is 114 cm³/mol. The molecule has 0 atom stereocenters. The van der Waals surface area contributed by atoms with Gasteiger partial charge in [-0.2, -0.15) is 0 Å². The molecule has 0 fully saturated rings. The number of nitrogens with zero attached hydrogens (tertiary/aromatic N) is 3. The number of hydrogen-bond donors (Lipinski definition) is 0. The van der Waals surface area contributed by atoms with E-state index in [0.717, 1.165) is 11.3 Å². The number of aromatic nitrogens is 1. The number of amides is 1. The van der Waals surface area contributed by atoms with Crippen molar-refractivity contribution in [2.24, 2.45) is 0 Å². The normalized spacial score (nSPS) is 10.4. The van der Waals surface area contributed by atoms with E-state index in [9.17, 15) is 14.9 Å². The van der Waals surface area contributed by atoms with Crippen LogP contribution in [0.5, 0.6) is 5.75 Å². The maximum Gasteiger partial charge on any atom is 0.311 e. The van der Waals surface area contributed by atoms with Crippen LogP contribution in [-0.4, -0.2) is 29.0 Å². The summed E-state index contributed by atoms with van der Waals surface area (Å²) in [4.78, 5) is 29.9. The van der Waals surface area contributed by atoms with Gasteiger partial charge in [-0.3, -0.25) is 19.8 Å². The van der Waals surface area contributed by atoms with E-state index in [1.54, 1.807) is 13.0 Å². The maximum atomic E-state index is 13.1. The van der Waals surface area contributed by atoms with Crippen molar-refractivity contribution >= 4 is 28.1 Å². The van der Waals surface area contributed by atoms with Crippen molar-refractivity contribution in [2.45, 2.75) is 6.92 Å². The molecule has 29 heavy (non-hydrogen) atoms. The first-order valence-corrected chi connectivity index (χ1v) is 9.78. The van der Waals surface area contributed by atoms with E-state index in [-0.39, 0.29) is 30.2 Å². The highest BCUT2D eigenvalue weighted by Crippen LogP contribution is 2.31. The van der Waals surface area contributed by atoms with Crippen LogP contribution in [0.4, 0.5) is 10.8 Å². The molecule has 1 heterocycles. The van der Waals surface area contributed by atoms with Crippen LogP contribution in [0.25, 0.3) is 11.3 Å². The molecule has 0 radical (unpaired) electrons. The molecule has 0 N–H and O–H groups in total. The fourth-order valence-corrected chi connectivity index (χ4v) is 3.57. The van der Waals surface area contributed by atoms with Crippen molar-refractivity contribution in [3.63, 3.8) is 0 Å². The number of anilines is 1. The van der Waals surface area contributed by atoms with Gasteiger partial charge in [-0.1, -0.05) is 36.4 Å². The minimum absolute atomic E-state index is 0.130. The zero-order chi connectivity index (χ0) is 20.8. The molecule has 0 saturated carbocycles. The first-order chi connectivity index (χ1) is 14.0. The lowest BCUT2D eigenvalue weighted by Gasteiger charge is -2.18. The molecule has 7 nitrogen and oxygen atoms in total. The molecule has 0 bridgehead atoms. The van der Waals surface area contributed by atoms with Gasteiger partial charge in [-0.25, -0.2) is 4.98 Å². The Labute approximate surface area is 172 Å². The molecule has 0 saturated heterocycles. The molecule has 148 valence electrons. The Kier molecular flexibility index (Phi) is 6.36. The predicted octanol–water partition coefficient (Wildman–Crippen LogP) is 4.95. The lowest BCUT2D eigenvalue weighted by atomic mass is 10.1. The summed E-state index contributed by atoms with van der Waals surface area (Å²) in [6.45, 7) is 5.96. The Balaban J connectivity index is 1.94. The van der Waals surface area contributed by atoms with Crippen LogP contribution in [0, 0.1) is 10.1 Å². The van der Waals surface area contributed by atoms with Crippen LogP contribution in [0.15, 0.2) is 66.6 Å². The van der Waals surface area contributed by atoms with Gasteiger partial charge >= 0.3 is 5.69 Å². The lowest BCUT2D eigenvalue weighted by Crippen LogP contribution is -2.31. The van der Waals surface area contributed by atoms with Gasteiger partial charge in [0.2, 0.25) is 0 Å². The Morgan fingerprint density at radius 1 is 1.31 bits per heavy atom. The summed E-state index contributed by atoms with van der Waals surface area (Å²) in [5.74, 6) is -0.269. The second kappa shape index (κ2) is 9.11. The molecule has 0 spiro atoms. The first-order valence-electron chi connectivity index (χ1n) is 8.90. The fourth-order valence-electron chi connectivity index (χ4n) is 2.73. The number of rotatable bonds is 8. The number of ether oxygens (including phenoxy) is 1. The van der Waals surface area contributed by atoms with E-state index in [2.05, 4.69) is 11.6 Å². The second-order valence-corrected chi connectivity index (χ2v) is 6.79. The molecule has 0 unspecified atom stereocenters. The van der Waals surface area contributed by atoms with Crippen molar-refractivity contribution in [1.29, 1.82) is 0 Å². The Bertz CT molecular complexity index is 1030. The van der Waals surface area contributed by atoms with Crippen LogP contribution in [0.1, 0.15) is 17.3 Å². The summed E-state index contributed by atoms with van der Waals surface area (Å²) in [5.41, 5.74) is 1.63. The first kappa shape index (κ1) is 20.2. The fraction of sp³-hybridized carbons (Fsp3) is 0.143. The van der Waals surface area contributed by atoms with Crippen molar-refractivity contribution in [3.8, 4) is 17.0 Å². The largest absolute Gasteiger partial charge is 0.487 e. The molecule has 1 amide bonds. The van der Waals surface area contributed by atoms with Gasteiger partial charge in [0, 0.05) is 29.1 Å². The Morgan fingerprint density at radius 3 is 2.72 bits per heavy atom. The number of carbonyl (C=O) groups excluding carboxylic acids is 1. The molecule has 0 aliphatic carbocycles. The Morgan fingerprint density at radius 2 is 2.07 bits per heavy atom. The third kappa shape index (κ3) is 4.49. The molecule has 2 aromatic carbocycles. The zero-order valence-electron chi connectivity index (χ0n) is 15.8. The van der Waals surface area contributed by atoms with Gasteiger partial charge < -0.3 is 4.74 Å². The van der Waals surface area contributed by atoms with E-state index in [1.807, 2.05) is 35.7 Å². The Hall–Kier alpha value is -3.52. The third-order valence-electron chi connectivity index (χ3n) is 4.05. The molecule has 0 aliphatic heterocycles. The third-order valence-corrected chi connectivity index (χ3v) is 4.92. The number of thiazole rings is 1. The van der Waals surface area contributed by atoms with Crippen LogP contribution in [0.2, 0.25) is 0 Å². The summed E-state index contributed by atoms with van der Waals surface area (Å²) in [6.07, 6.45) is 1.59. The number of nitro benzene ring substituents is 1. The standard InChI is InChI=1S/C21H19N3O4S/c1-3-12-23(21-22-17(14-29-21)15-8-6-5-7-9-15)20(25)16-10-11-19(28-4-2)18(13-16)24(26)27/h3,5-11,13-14H,1,4,12H2,2H3. The summed E-state index contributed by atoms with van der Waals surface area (Å²) in [7, 11) is 0. The van der Waals surface area contributed by atoms with Crippen molar-refractivity contribution in [2.75, 3.05) is 18.1 Å². The summed E-state index contributed by atoms with van der Waals surface area (Å²) in [5, 5.41) is 13.7. The smallest absolute Gasteiger partial charge is 0.311 e. The van der Waals surface area contributed by atoms with Crippen LogP contribution in [-0.2, 0) is 0 Å². The maximum absolute atomic E-state index is 13.1. The van der Waals surface area contributed by atoms with E-state index in [4.69, 9.17) is 4.74 Å². The SMILES string of the molecule is C=CCN(C(=O)c1ccc(OCC)c([N+](=O)[O-])c1)c1nc(-c2ccccc2)cs1. The molecule has 0 aliphatic rings. The van der Waals surface area contributed by atoms with E-state index < -0.39 is 10.8 Å². The molecular weight excluding hydrogens is 390 g/mol. The summed E-state index contributed by atoms with van der Waals surface area (Å²) in [6, 6.07) is 13.8.